The molecule has 7 nitrogen and oxygen atoms in total. The van der Waals surface area contributed by atoms with Crippen molar-refractivity contribution >= 4 is 29.1 Å². The smallest absolute Gasteiger partial charge is 0.295 e. The highest BCUT2D eigenvalue weighted by Gasteiger charge is 2.47. The zero-order valence-electron chi connectivity index (χ0n) is 17.5. The molecule has 0 spiro atoms. The number of amides is 1. The summed E-state index contributed by atoms with van der Waals surface area (Å²) in [5, 5.41) is 11.3. The molecule has 8 heteroatoms. The Morgan fingerprint density at radius 2 is 2.00 bits per heavy atom. The topological polar surface area (TPSA) is 84.4 Å². The van der Waals surface area contributed by atoms with Gasteiger partial charge in [-0.2, -0.15) is 0 Å². The number of carbonyl (C=O) groups is 2. The molecule has 3 rings (SSSR count). The first-order valence-corrected chi connectivity index (χ1v) is 10.2. The molecular formula is C22H26ClN2O5+. The Labute approximate surface area is 180 Å². The average molecular weight is 434 g/mol. The molecule has 0 radical (unpaired) electrons. The number of aryl methyl sites for hydroxylation is 1. The van der Waals surface area contributed by atoms with Gasteiger partial charge in [0.25, 0.3) is 11.7 Å². The van der Waals surface area contributed by atoms with E-state index in [1.165, 1.54) is 11.0 Å². The lowest BCUT2D eigenvalue weighted by Crippen LogP contribution is -3.06. The summed E-state index contributed by atoms with van der Waals surface area (Å²) in [4.78, 5) is 28.3. The van der Waals surface area contributed by atoms with Gasteiger partial charge in [-0.05, 0) is 44.2 Å². The molecule has 160 valence electrons. The number of likely N-dealkylation sites (N-methyl/N-ethyl adjacent to an activating group) is 1. The molecule has 2 heterocycles. The van der Waals surface area contributed by atoms with Crippen LogP contribution in [0.1, 0.15) is 30.0 Å². The van der Waals surface area contributed by atoms with Gasteiger partial charge < -0.3 is 24.1 Å². The van der Waals surface area contributed by atoms with Gasteiger partial charge in [0.1, 0.15) is 29.1 Å². The van der Waals surface area contributed by atoms with Crippen molar-refractivity contribution in [2.75, 3.05) is 33.8 Å². The molecular weight excluding hydrogens is 408 g/mol. The van der Waals surface area contributed by atoms with E-state index in [-0.39, 0.29) is 11.3 Å². The van der Waals surface area contributed by atoms with Crippen molar-refractivity contribution in [2.24, 2.45) is 0 Å². The maximum Gasteiger partial charge on any atom is 0.295 e. The number of nitrogens with zero attached hydrogens (tertiary/aromatic N) is 1. The first-order valence-electron chi connectivity index (χ1n) is 9.81. The number of nitrogens with one attached hydrogen (secondary N) is 1. The molecule has 1 fully saturated rings. The number of likely N-dealkylation sites (tertiary alicyclic amines) is 1. The van der Waals surface area contributed by atoms with Gasteiger partial charge in [0.2, 0.25) is 0 Å². The fourth-order valence-corrected chi connectivity index (χ4v) is 3.66. The lowest BCUT2D eigenvalue weighted by atomic mass is 9.99. The van der Waals surface area contributed by atoms with Crippen LogP contribution >= 0.6 is 11.6 Å². The van der Waals surface area contributed by atoms with Crippen LogP contribution in [0.2, 0.25) is 5.02 Å². The van der Waals surface area contributed by atoms with Crippen molar-refractivity contribution in [3.05, 3.63) is 58.0 Å². The standard InChI is InChI=1S/C22H25ClN2O5/c1-5-29-16-9-7-14(12-15(16)23)20(26)18-19(17-8-6-13(2)30-17)25(11-10-24(3)4)22(28)21(18)27/h6-9,12,19,26H,5,10-11H2,1-4H3/p+1/t19-/m0/s1. The summed E-state index contributed by atoms with van der Waals surface area (Å²) in [7, 11) is 3.93. The molecule has 0 bridgehead atoms. The van der Waals surface area contributed by atoms with Crippen LogP contribution in [0.25, 0.3) is 5.76 Å². The van der Waals surface area contributed by atoms with Gasteiger partial charge in [-0.1, -0.05) is 11.6 Å². The number of rotatable bonds is 7. The number of ketones is 1. The molecule has 2 aromatic rings. The minimum Gasteiger partial charge on any atom is -0.507 e. The van der Waals surface area contributed by atoms with E-state index in [0.29, 0.717) is 47.6 Å². The maximum atomic E-state index is 12.9. The number of carbonyl (C=O) groups excluding carboxylic acids is 2. The van der Waals surface area contributed by atoms with Crippen molar-refractivity contribution in [2.45, 2.75) is 19.9 Å². The van der Waals surface area contributed by atoms with E-state index >= 15 is 0 Å². The highest BCUT2D eigenvalue weighted by molar-refractivity contribution is 6.46. The SMILES string of the molecule is CCOc1ccc(C(O)=C2C(=O)C(=O)N(CC[NH+](C)C)[C@H]2c2ccc(C)o2)cc1Cl. The molecule has 1 aliphatic rings. The molecule has 30 heavy (non-hydrogen) atoms. The van der Waals surface area contributed by atoms with Crippen molar-refractivity contribution in [1.82, 2.24) is 4.90 Å². The Morgan fingerprint density at radius 1 is 1.27 bits per heavy atom. The van der Waals surface area contributed by atoms with Gasteiger partial charge in [-0.15, -0.1) is 0 Å². The highest BCUT2D eigenvalue weighted by Crippen LogP contribution is 2.40. The van der Waals surface area contributed by atoms with Crippen molar-refractivity contribution in [3.8, 4) is 5.75 Å². The van der Waals surface area contributed by atoms with Gasteiger partial charge in [0, 0.05) is 5.56 Å². The van der Waals surface area contributed by atoms with E-state index in [1.54, 1.807) is 31.2 Å². The number of Topliss-reactive ketones (excluding diaryl/α,β-unsaturated/α-hetero) is 1. The minimum atomic E-state index is -0.802. The molecule has 2 N–H and O–H groups in total. The number of quaternary nitrogens is 1. The number of furan rings is 1. The second-order valence-corrected chi connectivity index (χ2v) is 7.88. The predicted octanol–water partition coefficient (Wildman–Crippen LogP) is 2.21. The molecule has 1 atom stereocenters. The molecule has 1 saturated heterocycles. The van der Waals surface area contributed by atoms with E-state index in [2.05, 4.69) is 0 Å². The van der Waals surface area contributed by atoms with Gasteiger partial charge in [0.05, 0.1) is 44.4 Å². The van der Waals surface area contributed by atoms with E-state index < -0.39 is 17.7 Å². The third-order valence-electron chi connectivity index (χ3n) is 4.93. The Hall–Kier alpha value is -2.77. The Kier molecular flexibility index (Phi) is 6.53. The summed E-state index contributed by atoms with van der Waals surface area (Å²) in [6.45, 7) is 5.05. The molecule has 0 saturated carbocycles. The number of benzene rings is 1. The van der Waals surface area contributed by atoms with Crippen molar-refractivity contribution < 1.29 is 28.7 Å². The summed E-state index contributed by atoms with van der Waals surface area (Å²) < 4.78 is 11.2. The maximum absolute atomic E-state index is 12.9. The van der Waals surface area contributed by atoms with Crippen LogP contribution in [0.3, 0.4) is 0 Å². The monoisotopic (exact) mass is 433 g/mol. The first-order chi connectivity index (χ1) is 14.2. The number of aliphatic hydroxyl groups is 1. The summed E-state index contributed by atoms with van der Waals surface area (Å²) in [6.07, 6.45) is 0. The molecule has 1 amide bonds. The molecule has 0 aliphatic carbocycles. The van der Waals surface area contributed by atoms with E-state index in [0.717, 1.165) is 4.90 Å². The lowest BCUT2D eigenvalue weighted by Gasteiger charge is -2.23. The zero-order valence-corrected chi connectivity index (χ0v) is 18.2. The van der Waals surface area contributed by atoms with Gasteiger partial charge >= 0.3 is 0 Å². The number of halogens is 1. The number of hydrogen-bond donors (Lipinski definition) is 2. The van der Waals surface area contributed by atoms with Crippen LogP contribution < -0.4 is 9.64 Å². The quantitative estimate of drug-likeness (QED) is 0.397. The van der Waals surface area contributed by atoms with Crippen LogP contribution in [0.15, 0.2) is 40.3 Å². The number of aliphatic hydroxyl groups excluding tert-OH is 1. The Bertz CT molecular complexity index is 995. The van der Waals surface area contributed by atoms with Crippen LogP contribution in [0.4, 0.5) is 0 Å². The summed E-state index contributed by atoms with van der Waals surface area (Å²) in [5.74, 6) is -0.142. The van der Waals surface area contributed by atoms with Gasteiger partial charge in [-0.25, -0.2) is 0 Å². The third kappa shape index (κ3) is 4.22. The predicted molar refractivity (Wildman–Crippen MR) is 113 cm³/mol. The van der Waals surface area contributed by atoms with Crippen LogP contribution in [-0.2, 0) is 9.59 Å². The van der Waals surface area contributed by atoms with Gasteiger partial charge in [0.15, 0.2) is 0 Å². The second-order valence-electron chi connectivity index (χ2n) is 7.48. The van der Waals surface area contributed by atoms with Crippen LogP contribution in [0, 0.1) is 6.92 Å². The van der Waals surface area contributed by atoms with Crippen molar-refractivity contribution in [3.63, 3.8) is 0 Å². The zero-order chi connectivity index (χ0) is 22.0. The number of ether oxygens (including phenoxy) is 1. The minimum absolute atomic E-state index is 0.0108. The largest absolute Gasteiger partial charge is 0.507 e. The van der Waals surface area contributed by atoms with Crippen LogP contribution in [0.5, 0.6) is 5.75 Å². The summed E-state index contributed by atoms with van der Waals surface area (Å²) >= 11 is 6.25. The van der Waals surface area contributed by atoms with E-state index in [9.17, 15) is 14.7 Å². The number of hydrogen-bond acceptors (Lipinski definition) is 5. The average Bonchev–Trinajstić information content (AvgIpc) is 3.23. The van der Waals surface area contributed by atoms with Crippen LogP contribution in [-0.4, -0.2) is 55.5 Å². The lowest BCUT2D eigenvalue weighted by molar-refractivity contribution is -0.857. The summed E-state index contributed by atoms with van der Waals surface area (Å²) in [6, 6.07) is 7.43. The molecule has 1 aromatic heterocycles. The molecule has 1 aliphatic heterocycles. The third-order valence-corrected chi connectivity index (χ3v) is 5.22. The Balaban J connectivity index is 2.10. The fraction of sp³-hybridized carbons (Fsp3) is 0.364. The van der Waals surface area contributed by atoms with Crippen molar-refractivity contribution in [1.29, 1.82) is 0 Å². The normalized spacial score (nSPS) is 18.5. The summed E-state index contributed by atoms with van der Waals surface area (Å²) in [5.41, 5.74) is 0.316. The van der Waals surface area contributed by atoms with E-state index in [4.69, 9.17) is 20.8 Å². The molecule has 0 unspecified atom stereocenters. The molecule has 1 aromatic carbocycles. The first kappa shape index (κ1) is 21.9. The highest BCUT2D eigenvalue weighted by atomic mass is 35.5. The fourth-order valence-electron chi connectivity index (χ4n) is 3.43. The van der Waals surface area contributed by atoms with E-state index in [1.807, 2.05) is 21.0 Å². The second kappa shape index (κ2) is 8.93. The Morgan fingerprint density at radius 3 is 2.57 bits per heavy atom. The van der Waals surface area contributed by atoms with Gasteiger partial charge in [-0.3, -0.25) is 9.59 Å².